The van der Waals surface area contributed by atoms with Gasteiger partial charge in [0.15, 0.2) is 0 Å². The molecular weight excluding hydrogens is 232 g/mol. The first-order valence-electron chi connectivity index (χ1n) is 6.27. The number of rotatable bonds is 4. The quantitative estimate of drug-likeness (QED) is 0.592. The van der Waals surface area contributed by atoms with Crippen LogP contribution in [0.3, 0.4) is 0 Å². The van der Waals surface area contributed by atoms with Gasteiger partial charge in [-0.15, -0.1) is 0 Å². The Bertz CT molecular complexity index is 352. The zero-order chi connectivity index (χ0) is 13.9. The van der Waals surface area contributed by atoms with Gasteiger partial charge in [0.1, 0.15) is 6.04 Å². The number of amides is 1. The van der Waals surface area contributed by atoms with Gasteiger partial charge in [-0.25, -0.2) is 4.79 Å². The Labute approximate surface area is 108 Å². The molecule has 1 amide bonds. The second kappa shape index (κ2) is 6.00. The maximum atomic E-state index is 12.2. The molecule has 0 aromatic rings. The fourth-order valence-corrected chi connectivity index (χ4v) is 1.96. The molecule has 1 aliphatic rings. The van der Waals surface area contributed by atoms with E-state index in [0.29, 0.717) is 19.6 Å². The summed E-state index contributed by atoms with van der Waals surface area (Å²) in [7, 11) is 0. The third-order valence-electron chi connectivity index (χ3n) is 3.10. The van der Waals surface area contributed by atoms with E-state index in [1.54, 1.807) is 6.92 Å². The van der Waals surface area contributed by atoms with E-state index in [2.05, 4.69) is 6.58 Å². The summed E-state index contributed by atoms with van der Waals surface area (Å²) in [6.07, 6.45) is 0.468. The molecule has 102 valence electrons. The summed E-state index contributed by atoms with van der Waals surface area (Å²) in [5, 5.41) is 0. The van der Waals surface area contributed by atoms with Crippen molar-refractivity contribution < 1.29 is 14.3 Å². The standard InChI is InChI=1S/C13H22N2O3/c1-5-18-13(17)10-6-9(4)7-15(10)12(16)11(14)8(2)3/h8,10-11H,4-7,14H2,1-3H3/t10-,11-/m0/s1. The number of likely N-dealkylation sites (tertiary alicyclic amines) is 1. The number of carbonyl (C=O) groups excluding carboxylic acids is 2. The molecule has 0 aromatic heterocycles. The lowest BCUT2D eigenvalue weighted by molar-refractivity contribution is -0.153. The molecule has 0 radical (unpaired) electrons. The number of ether oxygens (including phenoxy) is 1. The zero-order valence-electron chi connectivity index (χ0n) is 11.3. The van der Waals surface area contributed by atoms with Gasteiger partial charge in [-0.05, 0) is 12.8 Å². The van der Waals surface area contributed by atoms with E-state index in [-0.39, 0.29) is 17.8 Å². The Balaban J connectivity index is 2.81. The van der Waals surface area contributed by atoms with Gasteiger partial charge >= 0.3 is 5.97 Å². The van der Waals surface area contributed by atoms with Crippen LogP contribution in [0.5, 0.6) is 0 Å². The molecule has 0 aromatic carbocycles. The molecule has 0 unspecified atom stereocenters. The Kier molecular flexibility index (Phi) is 4.90. The normalized spacial score (nSPS) is 21.3. The molecule has 1 saturated heterocycles. The van der Waals surface area contributed by atoms with Crippen LogP contribution in [-0.4, -0.2) is 42.0 Å². The topological polar surface area (TPSA) is 72.6 Å². The first kappa shape index (κ1) is 14.7. The third-order valence-corrected chi connectivity index (χ3v) is 3.10. The molecular formula is C13H22N2O3. The predicted molar refractivity (Wildman–Crippen MR) is 68.7 cm³/mol. The Morgan fingerprint density at radius 1 is 1.56 bits per heavy atom. The lowest BCUT2D eigenvalue weighted by atomic mass is 10.0. The fourth-order valence-electron chi connectivity index (χ4n) is 1.96. The number of esters is 1. The molecule has 18 heavy (non-hydrogen) atoms. The van der Waals surface area contributed by atoms with Crippen LogP contribution >= 0.6 is 0 Å². The average molecular weight is 254 g/mol. The largest absolute Gasteiger partial charge is 0.464 e. The van der Waals surface area contributed by atoms with Gasteiger partial charge in [0.2, 0.25) is 5.91 Å². The second-order valence-corrected chi connectivity index (χ2v) is 4.96. The van der Waals surface area contributed by atoms with Crippen molar-refractivity contribution in [2.45, 2.75) is 39.3 Å². The number of carbonyl (C=O) groups is 2. The molecule has 2 N–H and O–H groups in total. The van der Waals surface area contributed by atoms with E-state index < -0.39 is 12.1 Å². The second-order valence-electron chi connectivity index (χ2n) is 4.96. The number of nitrogens with zero attached hydrogens (tertiary/aromatic N) is 1. The zero-order valence-corrected chi connectivity index (χ0v) is 11.3. The summed E-state index contributed by atoms with van der Waals surface area (Å²) in [4.78, 5) is 25.5. The van der Waals surface area contributed by atoms with Crippen LogP contribution in [0.15, 0.2) is 12.2 Å². The third kappa shape index (κ3) is 3.10. The van der Waals surface area contributed by atoms with Crippen LogP contribution in [0.2, 0.25) is 0 Å². The molecule has 0 spiro atoms. The molecule has 5 heteroatoms. The Morgan fingerprint density at radius 2 is 2.17 bits per heavy atom. The van der Waals surface area contributed by atoms with E-state index in [9.17, 15) is 9.59 Å². The maximum Gasteiger partial charge on any atom is 0.329 e. The van der Waals surface area contributed by atoms with Crippen LogP contribution < -0.4 is 5.73 Å². The maximum absolute atomic E-state index is 12.2. The van der Waals surface area contributed by atoms with Gasteiger partial charge in [0.25, 0.3) is 0 Å². The highest BCUT2D eigenvalue weighted by Crippen LogP contribution is 2.23. The van der Waals surface area contributed by atoms with Crippen LogP contribution in [-0.2, 0) is 14.3 Å². The molecule has 1 aliphatic heterocycles. The summed E-state index contributed by atoms with van der Waals surface area (Å²) in [6.45, 7) is 10.0. The molecule has 5 nitrogen and oxygen atoms in total. The average Bonchev–Trinajstić information content (AvgIpc) is 2.69. The molecule has 1 heterocycles. The van der Waals surface area contributed by atoms with E-state index in [0.717, 1.165) is 5.57 Å². The monoisotopic (exact) mass is 254 g/mol. The molecule has 2 atom stereocenters. The summed E-state index contributed by atoms with van der Waals surface area (Å²) in [5.41, 5.74) is 6.71. The van der Waals surface area contributed by atoms with Crippen molar-refractivity contribution in [2.24, 2.45) is 11.7 Å². The van der Waals surface area contributed by atoms with Crippen molar-refractivity contribution in [1.82, 2.24) is 4.90 Å². The highest BCUT2D eigenvalue weighted by Gasteiger charge is 2.39. The van der Waals surface area contributed by atoms with Crippen LogP contribution in [0.4, 0.5) is 0 Å². The number of hydrogen-bond donors (Lipinski definition) is 1. The van der Waals surface area contributed by atoms with Crippen LogP contribution in [0.1, 0.15) is 27.2 Å². The molecule has 0 saturated carbocycles. The Hall–Kier alpha value is -1.36. The summed E-state index contributed by atoms with van der Waals surface area (Å²) in [6, 6.07) is -1.15. The summed E-state index contributed by atoms with van der Waals surface area (Å²) < 4.78 is 4.98. The molecule has 1 rings (SSSR count). The smallest absolute Gasteiger partial charge is 0.329 e. The van der Waals surface area contributed by atoms with Gasteiger partial charge in [-0.1, -0.05) is 26.0 Å². The van der Waals surface area contributed by atoms with Gasteiger partial charge in [0, 0.05) is 13.0 Å². The van der Waals surface area contributed by atoms with Crippen molar-refractivity contribution in [1.29, 1.82) is 0 Å². The first-order chi connectivity index (χ1) is 8.38. The fraction of sp³-hybridized carbons (Fsp3) is 0.692. The van der Waals surface area contributed by atoms with Crippen molar-refractivity contribution in [3.05, 3.63) is 12.2 Å². The number of nitrogens with two attached hydrogens (primary N) is 1. The SMILES string of the molecule is C=C1C[C@@H](C(=O)OCC)N(C(=O)[C@@H](N)C(C)C)C1. The van der Waals surface area contributed by atoms with Crippen molar-refractivity contribution in [3.8, 4) is 0 Å². The predicted octanol–water partition coefficient (Wildman–Crippen LogP) is 0.690. The summed E-state index contributed by atoms with van der Waals surface area (Å²) >= 11 is 0. The van der Waals surface area contributed by atoms with Crippen molar-refractivity contribution in [2.75, 3.05) is 13.2 Å². The van der Waals surface area contributed by atoms with Gasteiger partial charge < -0.3 is 15.4 Å². The minimum Gasteiger partial charge on any atom is -0.464 e. The number of hydrogen-bond acceptors (Lipinski definition) is 4. The van der Waals surface area contributed by atoms with E-state index >= 15 is 0 Å². The van der Waals surface area contributed by atoms with Crippen LogP contribution in [0.25, 0.3) is 0 Å². The van der Waals surface area contributed by atoms with Gasteiger partial charge in [0.05, 0.1) is 12.6 Å². The molecule has 0 bridgehead atoms. The van der Waals surface area contributed by atoms with E-state index in [1.807, 2.05) is 13.8 Å². The van der Waals surface area contributed by atoms with Gasteiger partial charge in [-0.3, -0.25) is 4.79 Å². The van der Waals surface area contributed by atoms with Crippen LogP contribution in [0, 0.1) is 5.92 Å². The van der Waals surface area contributed by atoms with E-state index in [4.69, 9.17) is 10.5 Å². The van der Waals surface area contributed by atoms with Crippen molar-refractivity contribution in [3.63, 3.8) is 0 Å². The lowest BCUT2D eigenvalue weighted by Gasteiger charge is -2.27. The van der Waals surface area contributed by atoms with Crippen molar-refractivity contribution >= 4 is 11.9 Å². The Morgan fingerprint density at radius 3 is 2.67 bits per heavy atom. The highest BCUT2D eigenvalue weighted by atomic mass is 16.5. The first-order valence-corrected chi connectivity index (χ1v) is 6.27. The van der Waals surface area contributed by atoms with E-state index in [1.165, 1.54) is 4.90 Å². The lowest BCUT2D eigenvalue weighted by Crippen LogP contribution is -2.50. The summed E-state index contributed by atoms with van der Waals surface area (Å²) in [5.74, 6) is -0.545. The highest BCUT2D eigenvalue weighted by molar-refractivity contribution is 5.89. The molecule has 1 fully saturated rings. The minimum atomic E-state index is -0.590. The minimum absolute atomic E-state index is 0.0363. The molecule has 0 aliphatic carbocycles. The van der Waals surface area contributed by atoms with Gasteiger partial charge in [-0.2, -0.15) is 0 Å².